The summed E-state index contributed by atoms with van der Waals surface area (Å²) in [5.41, 5.74) is 11.8. The average molecular weight is 241 g/mol. The van der Waals surface area contributed by atoms with Crippen LogP contribution in [0.2, 0.25) is 0 Å². The molecule has 0 fully saturated rings. The van der Waals surface area contributed by atoms with Crippen LogP contribution < -0.4 is 5.73 Å². The van der Waals surface area contributed by atoms with E-state index < -0.39 is 0 Å². The van der Waals surface area contributed by atoms with Crippen molar-refractivity contribution >= 4 is 18.9 Å². The average Bonchev–Trinajstić information content (AvgIpc) is 2.14. The molecule has 0 aliphatic rings. The first-order valence-electron chi connectivity index (χ1n) is 6.58. The van der Waals surface area contributed by atoms with Crippen molar-refractivity contribution in [3.8, 4) is 0 Å². The summed E-state index contributed by atoms with van der Waals surface area (Å²) in [6.45, 7) is 15.4. The maximum absolute atomic E-state index is 6.76. The zero-order valence-corrected chi connectivity index (χ0v) is 12.4. The first-order valence-corrected chi connectivity index (χ1v) is 6.58. The summed E-state index contributed by atoms with van der Waals surface area (Å²) in [6.07, 6.45) is 0. The van der Waals surface area contributed by atoms with Gasteiger partial charge in [0.2, 0.25) is 0 Å². The molecule has 0 aliphatic heterocycles. The number of aryl methyl sites for hydroxylation is 3. The van der Waals surface area contributed by atoms with Gasteiger partial charge in [-0.1, -0.05) is 45.4 Å². The van der Waals surface area contributed by atoms with Crippen LogP contribution in [0.25, 0.3) is 0 Å². The Kier molecular flexibility index (Phi) is 6.21. The van der Waals surface area contributed by atoms with E-state index in [2.05, 4.69) is 60.6 Å². The number of rotatable bonds is 3. The van der Waals surface area contributed by atoms with E-state index in [4.69, 9.17) is 5.73 Å². The summed E-state index contributed by atoms with van der Waals surface area (Å²) in [5, 5.41) is 0. The Balaban J connectivity index is 0.00000289. The second kappa shape index (κ2) is 6.29. The number of hydrogen-bond donors (Lipinski definition) is 1. The maximum atomic E-state index is 6.76. The molecule has 1 aromatic carbocycles. The van der Waals surface area contributed by atoms with Crippen LogP contribution in [0.4, 0.5) is 0 Å². The van der Waals surface area contributed by atoms with E-state index in [1.807, 2.05) is 0 Å². The third kappa shape index (κ3) is 3.02. The minimum absolute atomic E-state index is 0. The van der Waals surface area contributed by atoms with Crippen LogP contribution in [0.5, 0.6) is 0 Å². The molecule has 0 bridgehead atoms. The van der Waals surface area contributed by atoms with E-state index in [1.165, 1.54) is 22.3 Å². The monoisotopic (exact) mass is 241 g/mol. The first-order chi connectivity index (χ1) is 7.71. The first kappa shape index (κ1) is 17.8. The van der Waals surface area contributed by atoms with Crippen LogP contribution in [-0.4, -0.2) is 18.9 Å². The molecule has 1 rings (SSSR count). The normalized spacial score (nSPS) is 11.9. The zero-order chi connectivity index (χ0) is 13.4. The van der Waals surface area contributed by atoms with Gasteiger partial charge in [-0.3, -0.25) is 0 Å². The van der Waals surface area contributed by atoms with E-state index in [1.54, 1.807) is 0 Å². The Labute approximate surface area is 125 Å². The van der Waals surface area contributed by atoms with E-state index >= 15 is 0 Å². The minimum atomic E-state index is -0.234. The van der Waals surface area contributed by atoms with Crippen molar-refractivity contribution in [3.05, 3.63) is 34.4 Å². The fourth-order valence-corrected chi connectivity index (χ4v) is 3.11. The molecule has 98 valence electrons. The summed E-state index contributed by atoms with van der Waals surface area (Å²) in [6, 6.07) is 4.49. The Hall–Kier alpha value is -0.223. The number of nitrogens with two attached hydrogens (primary N) is 1. The van der Waals surface area contributed by atoms with Gasteiger partial charge in [0.25, 0.3) is 0 Å². The molecular formula is C16H28LiN. The Morgan fingerprint density at radius 3 is 1.50 bits per heavy atom. The third-order valence-electron chi connectivity index (χ3n) is 4.02. The SMILES string of the molecule is Cc1cc(C)c(C(N)(C(C)C)C(C)C)c(C)c1.[LiH]. The molecule has 0 spiro atoms. The van der Waals surface area contributed by atoms with Crippen molar-refractivity contribution in [1.29, 1.82) is 0 Å². The predicted molar refractivity (Wildman–Crippen MR) is 83.3 cm³/mol. The molecule has 0 aliphatic carbocycles. The molecule has 0 saturated heterocycles. The molecule has 0 unspecified atom stereocenters. The fraction of sp³-hybridized carbons (Fsp3) is 0.625. The molecule has 18 heavy (non-hydrogen) atoms. The molecule has 1 nitrogen and oxygen atoms in total. The quantitative estimate of drug-likeness (QED) is 0.806. The second-order valence-corrected chi connectivity index (χ2v) is 6.02. The van der Waals surface area contributed by atoms with E-state index in [0.29, 0.717) is 11.8 Å². The molecule has 0 atom stereocenters. The molecule has 2 N–H and O–H groups in total. The summed E-state index contributed by atoms with van der Waals surface area (Å²) < 4.78 is 0. The van der Waals surface area contributed by atoms with Crippen molar-refractivity contribution in [2.45, 2.75) is 54.0 Å². The van der Waals surface area contributed by atoms with Crippen LogP contribution in [0.3, 0.4) is 0 Å². The molecule has 0 radical (unpaired) electrons. The Morgan fingerprint density at radius 1 is 0.889 bits per heavy atom. The van der Waals surface area contributed by atoms with Crippen LogP contribution in [0.15, 0.2) is 12.1 Å². The van der Waals surface area contributed by atoms with Gasteiger partial charge in [0, 0.05) is 5.54 Å². The van der Waals surface area contributed by atoms with Gasteiger partial charge < -0.3 is 5.73 Å². The number of benzene rings is 1. The Bertz CT molecular complexity index is 377. The molecule has 0 amide bonds. The zero-order valence-electron chi connectivity index (χ0n) is 12.4. The fourth-order valence-electron chi connectivity index (χ4n) is 3.11. The molecule has 0 aromatic heterocycles. The standard InChI is InChI=1S/C16H27N.Li.H/c1-10(2)16(17,11(3)4)15-13(6)8-12(5)9-14(15)7;;/h8-11H,17H2,1-7H3;;. The summed E-state index contributed by atoms with van der Waals surface area (Å²) in [7, 11) is 0. The van der Waals surface area contributed by atoms with Crippen molar-refractivity contribution in [2.75, 3.05) is 0 Å². The van der Waals surface area contributed by atoms with Crippen molar-refractivity contribution in [1.82, 2.24) is 0 Å². The van der Waals surface area contributed by atoms with Crippen molar-refractivity contribution < 1.29 is 0 Å². The van der Waals surface area contributed by atoms with Gasteiger partial charge in [0.1, 0.15) is 0 Å². The van der Waals surface area contributed by atoms with Crippen molar-refractivity contribution in [3.63, 3.8) is 0 Å². The topological polar surface area (TPSA) is 26.0 Å². The molecular weight excluding hydrogens is 213 g/mol. The summed E-state index contributed by atoms with van der Waals surface area (Å²) in [5.74, 6) is 0.866. The predicted octanol–water partition coefficient (Wildman–Crippen LogP) is 3.43. The van der Waals surface area contributed by atoms with Crippen LogP contribution in [-0.2, 0) is 5.54 Å². The molecule has 0 heterocycles. The van der Waals surface area contributed by atoms with Crippen LogP contribution in [0, 0.1) is 32.6 Å². The van der Waals surface area contributed by atoms with Gasteiger partial charge in [0.05, 0.1) is 0 Å². The van der Waals surface area contributed by atoms with Gasteiger partial charge in [-0.05, 0) is 49.3 Å². The van der Waals surface area contributed by atoms with Gasteiger partial charge >= 0.3 is 18.9 Å². The van der Waals surface area contributed by atoms with Gasteiger partial charge in [0.15, 0.2) is 0 Å². The third-order valence-corrected chi connectivity index (χ3v) is 4.02. The summed E-state index contributed by atoms with van der Waals surface area (Å²) in [4.78, 5) is 0. The van der Waals surface area contributed by atoms with Crippen molar-refractivity contribution in [2.24, 2.45) is 17.6 Å². The van der Waals surface area contributed by atoms with E-state index in [-0.39, 0.29) is 24.4 Å². The van der Waals surface area contributed by atoms with E-state index in [0.717, 1.165) is 0 Å². The van der Waals surface area contributed by atoms with Crippen LogP contribution >= 0.6 is 0 Å². The van der Waals surface area contributed by atoms with Crippen LogP contribution in [0.1, 0.15) is 49.9 Å². The second-order valence-electron chi connectivity index (χ2n) is 6.02. The molecule has 2 heteroatoms. The van der Waals surface area contributed by atoms with Gasteiger partial charge in [-0.25, -0.2) is 0 Å². The van der Waals surface area contributed by atoms with Gasteiger partial charge in [-0.2, -0.15) is 0 Å². The van der Waals surface area contributed by atoms with E-state index in [9.17, 15) is 0 Å². The number of hydrogen-bond acceptors (Lipinski definition) is 1. The van der Waals surface area contributed by atoms with Gasteiger partial charge in [-0.15, -0.1) is 0 Å². The molecule has 0 saturated carbocycles. The molecule has 1 aromatic rings. The summed E-state index contributed by atoms with van der Waals surface area (Å²) >= 11 is 0. The Morgan fingerprint density at radius 2 is 1.22 bits per heavy atom.